The van der Waals surface area contributed by atoms with Crippen molar-refractivity contribution >= 4 is 16.9 Å². The van der Waals surface area contributed by atoms with Crippen LogP contribution < -0.4 is 4.74 Å². The van der Waals surface area contributed by atoms with Gasteiger partial charge in [0.2, 0.25) is 0 Å². The van der Waals surface area contributed by atoms with Crippen LogP contribution in [0.4, 0.5) is 4.39 Å². The molecule has 0 saturated carbocycles. The van der Waals surface area contributed by atoms with Crippen molar-refractivity contribution in [3.05, 3.63) is 65.6 Å². The molecule has 4 nitrogen and oxygen atoms in total. The number of carboxylic acid groups (broad SMARTS) is 1. The van der Waals surface area contributed by atoms with Crippen molar-refractivity contribution in [3.63, 3.8) is 0 Å². The van der Waals surface area contributed by atoms with Gasteiger partial charge in [-0.25, -0.2) is 9.18 Å². The van der Waals surface area contributed by atoms with Crippen LogP contribution in [0.3, 0.4) is 0 Å². The van der Waals surface area contributed by atoms with E-state index in [0.717, 1.165) is 16.6 Å². The van der Waals surface area contributed by atoms with E-state index in [0.29, 0.717) is 13.0 Å². The van der Waals surface area contributed by atoms with E-state index in [4.69, 9.17) is 9.84 Å². The molecule has 0 amide bonds. The van der Waals surface area contributed by atoms with Crippen LogP contribution in [0.15, 0.2) is 48.5 Å². The van der Waals surface area contributed by atoms with Crippen molar-refractivity contribution in [1.29, 1.82) is 0 Å². The summed E-state index contributed by atoms with van der Waals surface area (Å²) in [6.07, 6.45) is 0.575. The molecule has 0 fully saturated rings. The van der Waals surface area contributed by atoms with E-state index >= 15 is 0 Å². The number of aromatic amines is 1. The van der Waals surface area contributed by atoms with Crippen LogP contribution in [0, 0.1) is 5.82 Å². The standard InChI is InChI=1S/C17H14FNO3/c18-14-3-1-2-4-16(14)22-8-7-13-9-11-5-6-12(17(20)21)10-15(11)19-13/h1-6,9-10,19H,7-8H2,(H,20,21). The number of halogens is 1. The molecule has 3 rings (SSSR count). The van der Waals surface area contributed by atoms with Gasteiger partial charge in [0.15, 0.2) is 11.6 Å². The molecule has 5 heteroatoms. The number of hydrogen-bond donors (Lipinski definition) is 2. The Kier molecular flexibility index (Phi) is 3.78. The normalized spacial score (nSPS) is 10.8. The van der Waals surface area contributed by atoms with E-state index in [9.17, 15) is 9.18 Å². The number of H-pyrrole nitrogens is 1. The van der Waals surface area contributed by atoms with E-state index in [1.165, 1.54) is 6.07 Å². The van der Waals surface area contributed by atoms with Crippen LogP contribution in [0.5, 0.6) is 5.75 Å². The summed E-state index contributed by atoms with van der Waals surface area (Å²) in [6, 6.07) is 13.1. The Hall–Kier alpha value is -2.82. The smallest absolute Gasteiger partial charge is 0.335 e. The highest BCUT2D eigenvalue weighted by molar-refractivity contribution is 5.93. The third kappa shape index (κ3) is 2.93. The Morgan fingerprint density at radius 1 is 1.18 bits per heavy atom. The van der Waals surface area contributed by atoms with Crippen molar-refractivity contribution < 1.29 is 19.0 Å². The molecule has 0 spiro atoms. The topological polar surface area (TPSA) is 62.3 Å². The van der Waals surface area contributed by atoms with Crippen LogP contribution in [-0.4, -0.2) is 22.7 Å². The van der Waals surface area contributed by atoms with Gasteiger partial charge in [-0.1, -0.05) is 18.2 Å². The molecule has 0 aliphatic heterocycles. The molecule has 0 bridgehead atoms. The SMILES string of the molecule is O=C(O)c1ccc2cc(CCOc3ccccc3F)[nH]c2c1. The van der Waals surface area contributed by atoms with Crippen molar-refractivity contribution in [2.24, 2.45) is 0 Å². The lowest BCUT2D eigenvalue weighted by Crippen LogP contribution is -2.02. The predicted octanol–water partition coefficient (Wildman–Crippen LogP) is 3.63. The number of carbonyl (C=O) groups is 1. The van der Waals surface area contributed by atoms with Gasteiger partial charge >= 0.3 is 5.97 Å². The van der Waals surface area contributed by atoms with Gasteiger partial charge in [0.25, 0.3) is 0 Å². The van der Waals surface area contributed by atoms with Gasteiger partial charge in [-0.2, -0.15) is 0 Å². The van der Waals surface area contributed by atoms with Gasteiger partial charge in [0.05, 0.1) is 12.2 Å². The molecule has 2 N–H and O–H groups in total. The third-order valence-electron chi connectivity index (χ3n) is 3.39. The third-order valence-corrected chi connectivity index (χ3v) is 3.39. The lowest BCUT2D eigenvalue weighted by Gasteiger charge is -2.05. The second kappa shape index (κ2) is 5.89. The lowest BCUT2D eigenvalue weighted by molar-refractivity contribution is 0.0697. The molecule has 3 aromatic rings. The molecule has 0 unspecified atom stereocenters. The van der Waals surface area contributed by atoms with E-state index in [1.807, 2.05) is 6.07 Å². The highest BCUT2D eigenvalue weighted by Gasteiger charge is 2.07. The molecule has 2 aromatic carbocycles. The van der Waals surface area contributed by atoms with Gasteiger partial charge in [0, 0.05) is 17.6 Å². The van der Waals surface area contributed by atoms with Crippen molar-refractivity contribution in [3.8, 4) is 5.75 Å². The molecule has 0 radical (unpaired) electrons. The molecule has 22 heavy (non-hydrogen) atoms. The Morgan fingerprint density at radius 2 is 2.00 bits per heavy atom. The van der Waals surface area contributed by atoms with Gasteiger partial charge in [-0.3, -0.25) is 0 Å². The van der Waals surface area contributed by atoms with Crippen LogP contribution in [0.25, 0.3) is 10.9 Å². The van der Waals surface area contributed by atoms with Gasteiger partial charge in [0.1, 0.15) is 0 Å². The first-order chi connectivity index (χ1) is 10.6. The predicted molar refractivity (Wildman–Crippen MR) is 80.9 cm³/mol. The Balaban J connectivity index is 1.69. The zero-order chi connectivity index (χ0) is 15.5. The molecule has 112 valence electrons. The fraction of sp³-hybridized carbons (Fsp3) is 0.118. The summed E-state index contributed by atoms with van der Waals surface area (Å²) >= 11 is 0. The van der Waals surface area contributed by atoms with Gasteiger partial charge < -0.3 is 14.8 Å². The summed E-state index contributed by atoms with van der Waals surface area (Å²) in [4.78, 5) is 14.1. The van der Waals surface area contributed by atoms with Crippen LogP contribution in [-0.2, 0) is 6.42 Å². The first-order valence-corrected chi connectivity index (χ1v) is 6.86. The molecular formula is C17H14FNO3. The van der Waals surface area contributed by atoms with E-state index in [2.05, 4.69) is 4.98 Å². The number of hydrogen-bond acceptors (Lipinski definition) is 2. The van der Waals surface area contributed by atoms with E-state index in [-0.39, 0.29) is 17.1 Å². The summed E-state index contributed by atoms with van der Waals surface area (Å²) in [5.41, 5.74) is 1.91. The van der Waals surface area contributed by atoms with Crippen LogP contribution in [0.1, 0.15) is 16.1 Å². The lowest BCUT2D eigenvalue weighted by atomic mass is 10.1. The average molecular weight is 299 g/mol. The summed E-state index contributed by atoms with van der Waals surface area (Å²) in [5, 5.41) is 9.91. The summed E-state index contributed by atoms with van der Waals surface area (Å²) in [7, 11) is 0. The quantitative estimate of drug-likeness (QED) is 0.756. The highest BCUT2D eigenvalue weighted by atomic mass is 19.1. The van der Waals surface area contributed by atoms with Crippen molar-refractivity contribution in [2.75, 3.05) is 6.61 Å². The molecule has 0 aliphatic carbocycles. The molecule has 1 heterocycles. The summed E-state index contributed by atoms with van der Waals surface area (Å²) < 4.78 is 18.8. The first kappa shape index (κ1) is 14.1. The van der Waals surface area contributed by atoms with Crippen molar-refractivity contribution in [2.45, 2.75) is 6.42 Å². The minimum Gasteiger partial charge on any atom is -0.490 e. The molecule has 1 aromatic heterocycles. The largest absolute Gasteiger partial charge is 0.490 e. The minimum atomic E-state index is -0.957. The van der Waals surface area contributed by atoms with Crippen molar-refractivity contribution in [1.82, 2.24) is 4.98 Å². The number of benzene rings is 2. The minimum absolute atomic E-state index is 0.228. The maximum atomic E-state index is 13.4. The number of rotatable bonds is 5. The van der Waals surface area contributed by atoms with E-state index in [1.54, 1.807) is 36.4 Å². The number of carboxylic acids is 1. The number of aromatic nitrogens is 1. The number of ether oxygens (including phenoxy) is 1. The fourth-order valence-corrected chi connectivity index (χ4v) is 2.29. The molecule has 0 saturated heterocycles. The number of para-hydroxylation sites is 1. The Morgan fingerprint density at radius 3 is 2.77 bits per heavy atom. The zero-order valence-electron chi connectivity index (χ0n) is 11.7. The number of nitrogens with one attached hydrogen (secondary N) is 1. The highest BCUT2D eigenvalue weighted by Crippen LogP contribution is 2.19. The molecular weight excluding hydrogens is 285 g/mol. The second-order valence-corrected chi connectivity index (χ2v) is 4.93. The summed E-state index contributed by atoms with van der Waals surface area (Å²) in [6.45, 7) is 0.333. The average Bonchev–Trinajstić information content (AvgIpc) is 2.90. The fourth-order valence-electron chi connectivity index (χ4n) is 2.29. The van der Waals surface area contributed by atoms with Crippen LogP contribution >= 0.6 is 0 Å². The van der Waals surface area contributed by atoms with Gasteiger partial charge in [-0.15, -0.1) is 0 Å². The monoisotopic (exact) mass is 299 g/mol. The Labute approximate surface area is 126 Å². The number of aromatic carboxylic acids is 1. The number of fused-ring (bicyclic) bond motifs is 1. The maximum absolute atomic E-state index is 13.4. The first-order valence-electron chi connectivity index (χ1n) is 6.86. The van der Waals surface area contributed by atoms with Gasteiger partial charge in [-0.05, 0) is 35.7 Å². The molecule has 0 aliphatic rings. The molecule has 0 atom stereocenters. The van der Waals surface area contributed by atoms with E-state index < -0.39 is 5.97 Å². The zero-order valence-corrected chi connectivity index (χ0v) is 11.7. The summed E-state index contributed by atoms with van der Waals surface area (Å²) in [5.74, 6) is -1.11. The van der Waals surface area contributed by atoms with Crippen LogP contribution in [0.2, 0.25) is 0 Å². The Bertz CT molecular complexity index is 826. The second-order valence-electron chi connectivity index (χ2n) is 4.93. The maximum Gasteiger partial charge on any atom is 0.335 e.